The smallest absolute Gasteiger partial charge is 0.216 e. The summed E-state index contributed by atoms with van der Waals surface area (Å²) in [5, 5.41) is -0.393. The molecule has 0 bridgehead atoms. The summed E-state index contributed by atoms with van der Waals surface area (Å²) in [5.74, 6) is 1.31. The molecule has 1 fully saturated rings. The molecule has 0 N–H and O–H groups in total. The molecule has 2 aliphatic rings. The van der Waals surface area contributed by atoms with E-state index in [1.807, 2.05) is 23.1 Å². The number of sulfonamides is 1. The van der Waals surface area contributed by atoms with Crippen molar-refractivity contribution in [1.29, 1.82) is 0 Å². The lowest BCUT2D eigenvalue weighted by atomic mass is 10.2. The Morgan fingerprint density at radius 3 is 2.58 bits per heavy atom. The number of aromatic nitrogens is 1. The topological polar surface area (TPSA) is 106 Å². The van der Waals surface area contributed by atoms with Gasteiger partial charge in [0.05, 0.1) is 35.9 Å². The maximum atomic E-state index is 12.4. The minimum Gasteiger partial charge on any atom is -0.490 e. The number of fused-ring (bicyclic) bond motifs is 1. The summed E-state index contributed by atoms with van der Waals surface area (Å²) in [5.41, 5.74) is 2.13. The maximum Gasteiger partial charge on any atom is 0.216 e. The van der Waals surface area contributed by atoms with Gasteiger partial charge in [0.15, 0.2) is 14.9 Å². The van der Waals surface area contributed by atoms with Crippen LogP contribution in [-0.4, -0.2) is 70.0 Å². The molecule has 0 saturated carbocycles. The molecular weight excluding hydrogens is 466 g/mol. The molecule has 0 unspecified atom stereocenters. The predicted molar refractivity (Wildman–Crippen MR) is 126 cm³/mol. The molecule has 1 aromatic carbocycles. The van der Waals surface area contributed by atoms with Crippen LogP contribution in [0.2, 0.25) is 0 Å². The van der Waals surface area contributed by atoms with Crippen LogP contribution in [-0.2, 0) is 19.9 Å². The van der Waals surface area contributed by atoms with E-state index in [0.29, 0.717) is 49.7 Å². The van der Waals surface area contributed by atoms with E-state index in [1.165, 1.54) is 4.31 Å². The third kappa shape index (κ3) is 4.80. The highest BCUT2D eigenvalue weighted by molar-refractivity contribution is 7.90. The van der Waals surface area contributed by atoms with Crippen LogP contribution in [0.15, 0.2) is 35.5 Å². The summed E-state index contributed by atoms with van der Waals surface area (Å²) in [6.45, 7) is 6.91. The number of pyridine rings is 1. The highest BCUT2D eigenvalue weighted by atomic mass is 32.2. The number of hydrogen-bond donors (Lipinski definition) is 0. The number of nitrogens with zero attached hydrogens (tertiary/aromatic N) is 3. The molecule has 0 spiro atoms. The number of aryl methyl sites for hydroxylation is 1. The second-order valence-corrected chi connectivity index (χ2v) is 13.1. The van der Waals surface area contributed by atoms with Crippen molar-refractivity contribution in [2.75, 3.05) is 37.4 Å². The van der Waals surface area contributed by atoms with Crippen LogP contribution in [0.4, 0.5) is 11.4 Å². The number of sulfone groups is 1. The van der Waals surface area contributed by atoms with E-state index in [0.717, 1.165) is 17.6 Å². The molecular formula is C22H29N3O6S2. The second kappa shape index (κ2) is 8.77. The van der Waals surface area contributed by atoms with Gasteiger partial charge in [0.25, 0.3) is 0 Å². The van der Waals surface area contributed by atoms with Crippen LogP contribution < -0.4 is 14.4 Å². The van der Waals surface area contributed by atoms with E-state index < -0.39 is 25.1 Å². The first-order valence-corrected chi connectivity index (χ1v) is 14.2. The standard InChI is InChI=1S/C22H29N3O6S2/c1-15(2)33(28,29)24-8-7-19(14-24)31-18-5-6-21-20(12-18)25(9-10-30-21)17-11-16(3)22(23-13-17)32(4,26)27/h5-6,11-13,15,19H,7-10,14H2,1-4H3/t19-/m0/s1. The van der Waals surface area contributed by atoms with Crippen molar-refractivity contribution < 1.29 is 26.3 Å². The normalized spacial score (nSPS) is 19.4. The Balaban J connectivity index is 1.57. The average Bonchev–Trinajstić information content (AvgIpc) is 3.21. The number of hydrogen-bond acceptors (Lipinski definition) is 8. The Kier molecular flexibility index (Phi) is 6.32. The van der Waals surface area contributed by atoms with E-state index in [2.05, 4.69) is 4.98 Å². The SMILES string of the molecule is Cc1cc(N2CCOc3ccc(O[C@H]4CCN(S(=O)(=O)C(C)C)C4)cc32)cnc1S(C)(=O)=O. The van der Waals surface area contributed by atoms with Gasteiger partial charge in [-0.05, 0) is 51.0 Å². The summed E-state index contributed by atoms with van der Waals surface area (Å²) in [4.78, 5) is 6.20. The molecule has 1 saturated heterocycles. The second-order valence-electron chi connectivity index (χ2n) is 8.70. The monoisotopic (exact) mass is 495 g/mol. The third-order valence-corrected chi connectivity index (χ3v) is 9.21. The van der Waals surface area contributed by atoms with Crippen molar-refractivity contribution in [3.8, 4) is 11.5 Å². The highest BCUT2D eigenvalue weighted by Crippen LogP contribution is 2.40. The van der Waals surface area contributed by atoms with Gasteiger partial charge in [-0.15, -0.1) is 0 Å². The Bertz CT molecular complexity index is 1260. The van der Waals surface area contributed by atoms with Gasteiger partial charge < -0.3 is 14.4 Å². The van der Waals surface area contributed by atoms with Crippen molar-refractivity contribution in [3.63, 3.8) is 0 Å². The van der Waals surface area contributed by atoms with Crippen LogP contribution in [0.1, 0.15) is 25.8 Å². The first kappa shape index (κ1) is 23.8. The number of benzene rings is 1. The molecule has 0 amide bonds. The molecule has 33 heavy (non-hydrogen) atoms. The van der Waals surface area contributed by atoms with Gasteiger partial charge in [0, 0.05) is 18.9 Å². The Labute approximate surface area is 195 Å². The Morgan fingerprint density at radius 1 is 1.15 bits per heavy atom. The van der Waals surface area contributed by atoms with Gasteiger partial charge in [-0.3, -0.25) is 0 Å². The van der Waals surface area contributed by atoms with Crippen LogP contribution in [0.5, 0.6) is 11.5 Å². The molecule has 2 aromatic rings. The van der Waals surface area contributed by atoms with Crippen LogP contribution in [0, 0.1) is 6.92 Å². The Morgan fingerprint density at radius 2 is 1.91 bits per heavy atom. The molecule has 1 atom stereocenters. The van der Waals surface area contributed by atoms with E-state index in [-0.39, 0.29) is 11.1 Å². The van der Waals surface area contributed by atoms with Crippen LogP contribution in [0.3, 0.4) is 0 Å². The van der Waals surface area contributed by atoms with Gasteiger partial charge in [-0.1, -0.05) is 0 Å². The van der Waals surface area contributed by atoms with Crippen molar-refractivity contribution in [2.45, 2.75) is 43.6 Å². The summed E-state index contributed by atoms with van der Waals surface area (Å²) in [6, 6.07) is 7.32. The molecule has 2 aliphatic heterocycles. The molecule has 0 radical (unpaired) electrons. The zero-order valence-electron chi connectivity index (χ0n) is 19.2. The summed E-state index contributed by atoms with van der Waals surface area (Å²) < 4.78 is 62.1. The third-order valence-electron chi connectivity index (χ3n) is 5.84. The van der Waals surface area contributed by atoms with Gasteiger partial charge in [-0.2, -0.15) is 4.31 Å². The zero-order valence-corrected chi connectivity index (χ0v) is 20.8. The lowest BCUT2D eigenvalue weighted by molar-refractivity contribution is 0.215. The first-order valence-electron chi connectivity index (χ1n) is 10.8. The number of anilines is 2. The predicted octanol–water partition coefficient (Wildman–Crippen LogP) is 2.52. The minimum atomic E-state index is -3.40. The molecule has 9 nitrogen and oxygen atoms in total. The lowest BCUT2D eigenvalue weighted by Crippen LogP contribution is -2.35. The number of ether oxygens (including phenoxy) is 2. The summed E-state index contributed by atoms with van der Waals surface area (Å²) in [7, 11) is -6.71. The minimum absolute atomic E-state index is 0.0685. The van der Waals surface area contributed by atoms with Gasteiger partial charge >= 0.3 is 0 Å². The van der Waals surface area contributed by atoms with Crippen molar-refractivity contribution in [3.05, 3.63) is 36.0 Å². The fourth-order valence-corrected chi connectivity index (χ4v) is 6.36. The fourth-order valence-electron chi connectivity index (χ4n) is 4.14. The first-order chi connectivity index (χ1) is 15.5. The average molecular weight is 496 g/mol. The van der Waals surface area contributed by atoms with Crippen LogP contribution >= 0.6 is 0 Å². The largest absolute Gasteiger partial charge is 0.490 e. The van der Waals surface area contributed by atoms with Gasteiger partial charge in [0.1, 0.15) is 24.2 Å². The molecule has 1 aromatic heterocycles. The van der Waals surface area contributed by atoms with E-state index in [4.69, 9.17) is 9.47 Å². The van der Waals surface area contributed by atoms with Crippen molar-refractivity contribution in [1.82, 2.24) is 9.29 Å². The number of rotatable bonds is 6. The zero-order chi connectivity index (χ0) is 24.0. The molecule has 180 valence electrons. The van der Waals surface area contributed by atoms with Crippen molar-refractivity contribution in [2.24, 2.45) is 0 Å². The highest BCUT2D eigenvalue weighted by Gasteiger charge is 2.34. The van der Waals surface area contributed by atoms with E-state index in [9.17, 15) is 16.8 Å². The van der Waals surface area contributed by atoms with Crippen LogP contribution in [0.25, 0.3) is 0 Å². The molecule has 11 heteroatoms. The molecule has 4 rings (SSSR count). The maximum absolute atomic E-state index is 12.4. The fraction of sp³-hybridized carbons (Fsp3) is 0.500. The Hall–Kier alpha value is -2.37. The molecule has 3 heterocycles. The summed E-state index contributed by atoms with van der Waals surface area (Å²) in [6.07, 6.45) is 3.09. The lowest BCUT2D eigenvalue weighted by Gasteiger charge is -2.32. The van der Waals surface area contributed by atoms with E-state index in [1.54, 1.807) is 33.0 Å². The van der Waals surface area contributed by atoms with E-state index >= 15 is 0 Å². The van der Waals surface area contributed by atoms with Crippen molar-refractivity contribution >= 4 is 31.2 Å². The van der Waals surface area contributed by atoms with Gasteiger partial charge in [-0.25, -0.2) is 21.8 Å². The quantitative estimate of drug-likeness (QED) is 0.602. The summed E-state index contributed by atoms with van der Waals surface area (Å²) >= 11 is 0. The van der Waals surface area contributed by atoms with Gasteiger partial charge in [0.2, 0.25) is 10.0 Å². The molecule has 0 aliphatic carbocycles.